The van der Waals surface area contributed by atoms with Crippen LogP contribution in [0.5, 0.6) is 0 Å². The van der Waals surface area contributed by atoms with Crippen molar-refractivity contribution in [2.75, 3.05) is 5.88 Å². The van der Waals surface area contributed by atoms with E-state index >= 15 is 0 Å². The van der Waals surface area contributed by atoms with Gasteiger partial charge in [-0.3, -0.25) is 0 Å². The maximum atomic E-state index is 5.63. The highest BCUT2D eigenvalue weighted by molar-refractivity contribution is 6.17. The number of hydrogen-bond acceptors (Lipinski definition) is 3. The SMILES string of the molecule is ClCCc1nnc(C2CCCCCC2)o1. The quantitative estimate of drug-likeness (QED) is 0.589. The van der Waals surface area contributed by atoms with Gasteiger partial charge in [0, 0.05) is 18.2 Å². The molecule has 0 saturated heterocycles. The Morgan fingerprint density at radius 3 is 2.53 bits per heavy atom. The number of nitrogens with zero attached hydrogens (tertiary/aromatic N) is 2. The Morgan fingerprint density at radius 2 is 1.87 bits per heavy atom. The van der Waals surface area contributed by atoms with E-state index in [-0.39, 0.29) is 0 Å². The van der Waals surface area contributed by atoms with Crippen LogP contribution in [0.1, 0.15) is 56.2 Å². The lowest BCUT2D eigenvalue weighted by Gasteiger charge is -2.07. The van der Waals surface area contributed by atoms with E-state index in [0.717, 1.165) is 5.89 Å². The average molecular weight is 229 g/mol. The van der Waals surface area contributed by atoms with Crippen molar-refractivity contribution >= 4 is 11.6 Å². The second-order valence-electron chi connectivity index (χ2n) is 4.16. The minimum Gasteiger partial charge on any atom is -0.425 e. The second kappa shape index (κ2) is 5.50. The lowest BCUT2D eigenvalue weighted by Crippen LogP contribution is -1.97. The molecule has 0 N–H and O–H groups in total. The van der Waals surface area contributed by atoms with Crippen LogP contribution in [-0.2, 0) is 6.42 Å². The van der Waals surface area contributed by atoms with E-state index in [0.29, 0.717) is 24.1 Å². The maximum absolute atomic E-state index is 5.63. The summed E-state index contributed by atoms with van der Waals surface area (Å²) in [6.07, 6.45) is 8.35. The van der Waals surface area contributed by atoms with Gasteiger partial charge in [-0.2, -0.15) is 0 Å². The zero-order valence-electron chi connectivity index (χ0n) is 8.91. The summed E-state index contributed by atoms with van der Waals surface area (Å²) in [5.74, 6) is 2.55. The van der Waals surface area contributed by atoms with Gasteiger partial charge >= 0.3 is 0 Å². The number of alkyl halides is 1. The van der Waals surface area contributed by atoms with Crippen LogP contribution in [0.2, 0.25) is 0 Å². The lowest BCUT2D eigenvalue weighted by molar-refractivity contribution is 0.397. The molecule has 1 aliphatic carbocycles. The van der Waals surface area contributed by atoms with Gasteiger partial charge in [-0.1, -0.05) is 25.7 Å². The van der Waals surface area contributed by atoms with Crippen molar-refractivity contribution in [3.05, 3.63) is 11.8 Å². The van der Waals surface area contributed by atoms with Crippen LogP contribution >= 0.6 is 11.6 Å². The normalized spacial score (nSPS) is 19.0. The van der Waals surface area contributed by atoms with E-state index < -0.39 is 0 Å². The molecule has 0 bridgehead atoms. The van der Waals surface area contributed by atoms with Crippen molar-refractivity contribution in [3.63, 3.8) is 0 Å². The van der Waals surface area contributed by atoms with E-state index in [4.69, 9.17) is 16.0 Å². The van der Waals surface area contributed by atoms with Crippen molar-refractivity contribution in [2.24, 2.45) is 0 Å². The van der Waals surface area contributed by atoms with Gasteiger partial charge in [-0.05, 0) is 12.8 Å². The van der Waals surface area contributed by atoms with E-state index in [2.05, 4.69) is 10.2 Å². The van der Waals surface area contributed by atoms with Gasteiger partial charge < -0.3 is 4.42 Å². The number of rotatable bonds is 3. The molecule has 0 atom stereocenters. The summed E-state index contributed by atoms with van der Waals surface area (Å²) in [4.78, 5) is 0. The summed E-state index contributed by atoms with van der Waals surface area (Å²) in [6.45, 7) is 0. The summed E-state index contributed by atoms with van der Waals surface area (Å²) in [7, 11) is 0. The predicted molar refractivity (Wildman–Crippen MR) is 59.2 cm³/mol. The molecule has 0 aliphatic heterocycles. The average Bonchev–Trinajstić information content (AvgIpc) is 2.53. The first-order valence-corrected chi connectivity index (χ1v) is 6.32. The fourth-order valence-corrected chi connectivity index (χ4v) is 2.30. The fraction of sp³-hybridized carbons (Fsp3) is 0.818. The monoisotopic (exact) mass is 228 g/mol. The van der Waals surface area contributed by atoms with Crippen molar-refractivity contribution in [1.29, 1.82) is 0 Å². The highest BCUT2D eigenvalue weighted by Crippen LogP contribution is 2.30. The summed E-state index contributed by atoms with van der Waals surface area (Å²) in [6, 6.07) is 0. The zero-order chi connectivity index (χ0) is 10.5. The third-order valence-corrected chi connectivity index (χ3v) is 3.18. The van der Waals surface area contributed by atoms with E-state index in [1.165, 1.54) is 38.5 Å². The molecule has 0 spiro atoms. The summed E-state index contributed by atoms with van der Waals surface area (Å²) >= 11 is 5.63. The summed E-state index contributed by atoms with van der Waals surface area (Å²) in [5, 5.41) is 8.14. The lowest BCUT2D eigenvalue weighted by atomic mass is 10.0. The number of halogens is 1. The van der Waals surface area contributed by atoms with Crippen LogP contribution in [-0.4, -0.2) is 16.1 Å². The van der Waals surface area contributed by atoms with Crippen molar-refractivity contribution < 1.29 is 4.42 Å². The molecule has 4 heteroatoms. The highest BCUT2D eigenvalue weighted by atomic mass is 35.5. The molecule has 1 saturated carbocycles. The van der Waals surface area contributed by atoms with Gasteiger partial charge in [0.05, 0.1) is 0 Å². The van der Waals surface area contributed by atoms with Crippen LogP contribution in [0.4, 0.5) is 0 Å². The standard InChI is InChI=1S/C11H17ClN2O/c12-8-7-10-13-14-11(15-10)9-5-3-1-2-4-6-9/h9H,1-8H2. The van der Waals surface area contributed by atoms with Crippen LogP contribution in [0.3, 0.4) is 0 Å². The molecule has 3 nitrogen and oxygen atoms in total. The Kier molecular flexibility index (Phi) is 4.01. The molecule has 84 valence electrons. The molecule has 1 aromatic rings. The Labute approximate surface area is 95.2 Å². The molecule has 0 amide bonds. The van der Waals surface area contributed by atoms with Gasteiger partial charge in [0.25, 0.3) is 0 Å². The summed E-state index contributed by atoms with van der Waals surface area (Å²) < 4.78 is 5.61. The molecule has 0 radical (unpaired) electrons. The van der Waals surface area contributed by atoms with Crippen LogP contribution in [0, 0.1) is 0 Å². The molecule has 0 unspecified atom stereocenters. The van der Waals surface area contributed by atoms with Crippen molar-refractivity contribution in [2.45, 2.75) is 50.9 Å². The van der Waals surface area contributed by atoms with Gasteiger partial charge in [0.1, 0.15) is 0 Å². The van der Waals surface area contributed by atoms with Crippen LogP contribution in [0.15, 0.2) is 4.42 Å². The third-order valence-electron chi connectivity index (χ3n) is 3.00. The molecule has 0 aromatic carbocycles. The predicted octanol–water partition coefficient (Wildman–Crippen LogP) is 3.29. The van der Waals surface area contributed by atoms with Crippen molar-refractivity contribution in [1.82, 2.24) is 10.2 Å². The molecular weight excluding hydrogens is 212 g/mol. The Morgan fingerprint density at radius 1 is 1.13 bits per heavy atom. The Hall–Kier alpha value is -0.570. The molecule has 1 heterocycles. The number of aromatic nitrogens is 2. The zero-order valence-corrected chi connectivity index (χ0v) is 9.67. The van der Waals surface area contributed by atoms with E-state index in [1.807, 2.05) is 0 Å². The topological polar surface area (TPSA) is 38.9 Å². The van der Waals surface area contributed by atoms with E-state index in [1.54, 1.807) is 0 Å². The van der Waals surface area contributed by atoms with Crippen molar-refractivity contribution in [3.8, 4) is 0 Å². The first kappa shape index (κ1) is 10.9. The minimum absolute atomic E-state index is 0.490. The Bertz CT molecular complexity index is 293. The van der Waals surface area contributed by atoms with Gasteiger partial charge in [-0.15, -0.1) is 21.8 Å². The molecule has 1 aliphatic rings. The molecule has 1 fully saturated rings. The number of aryl methyl sites for hydroxylation is 1. The van der Waals surface area contributed by atoms with Gasteiger partial charge in [0.2, 0.25) is 11.8 Å². The Balaban J connectivity index is 2.00. The van der Waals surface area contributed by atoms with Gasteiger partial charge in [0.15, 0.2) is 0 Å². The molecular formula is C11H17ClN2O. The second-order valence-corrected chi connectivity index (χ2v) is 4.54. The van der Waals surface area contributed by atoms with Gasteiger partial charge in [-0.25, -0.2) is 0 Å². The fourth-order valence-electron chi connectivity index (χ4n) is 2.14. The third kappa shape index (κ3) is 2.94. The maximum Gasteiger partial charge on any atom is 0.219 e. The van der Waals surface area contributed by atoms with Crippen LogP contribution < -0.4 is 0 Å². The highest BCUT2D eigenvalue weighted by Gasteiger charge is 2.19. The number of hydrogen-bond donors (Lipinski definition) is 0. The largest absolute Gasteiger partial charge is 0.425 e. The molecule has 15 heavy (non-hydrogen) atoms. The van der Waals surface area contributed by atoms with Crippen LogP contribution in [0.25, 0.3) is 0 Å². The molecule has 2 rings (SSSR count). The first-order valence-electron chi connectivity index (χ1n) is 5.78. The minimum atomic E-state index is 0.490. The molecule has 1 aromatic heterocycles. The first-order chi connectivity index (χ1) is 7.40. The van der Waals surface area contributed by atoms with E-state index in [9.17, 15) is 0 Å². The summed E-state index contributed by atoms with van der Waals surface area (Å²) in [5.41, 5.74) is 0. The smallest absolute Gasteiger partial charge is 0.219 e.